The van der Waals surface area contributed by atoms with E-state index in [-0.39, 0.29) is 11.3 Å². The fraction of sp³-hybridized carbons (Fsp3) is 0.314. The van der Waals surface area contributed by atoms with Crippen LogP contribution in [0.4, 0.5) is 11.4 Å². The van der Waals surface area contributed by atoms with E-state index in [0.29, 0.717) is 11.8 Å². The van der Waals surface area contributed by atoms with Crippen LogP contribution in [-0.2, 0) is 5.41 Å². The number of benzene rings is 2. The average molecular weight is 476 g/mol. The van der Waals surface area contributed by atoms with Crippen molar-refractivity contribution in [1.29, 1.82) is 0 Å². The third-order valence-electron chi connectivity index (χ3n) is 8.06. The van der Waals surface area contributed by atoms with Gasteiger partial charge in [0.25, 0.3) is 0 Å². The highest BCUT2D eigenvalue weighted by Crippen LogP contribution is 2.61. The standard InChI is InChI=1S/C35H41N/c1-7-11-19-27(9-3)35(28-20-13-12-14-21-28)32(16-8-2)30(10-4)31-23-22-29(24-33(31)35)36-34-25(5)17-15-18-26(34)6/h8-20,22-24,28,30,32,36H,4,7,21H2,1-3,5-6H3/b16-8-,19-11-,27-9+. The second-order valence-corrected chi connectivity index (χ2v) is 10.1. The summed E-state index contributed by atoms with van der Waals surface area (Å²) in [6.45, 7) is 15.2. The van der Waals surface area contributed by atoms with Crippen LogP contribution < -0.4 is 5.32 Å². The van der Waals surface area contributed by atoms with Gasteiger partial charge in [-0.05, 0) is 86.4 Å². The van der Waals surface area contributed by atoms with Crippen molar-refractivity contribution in [3.63, 3.8) is 0 Å². The fourth-order valence-electron chi connectivity index (χ4n) is 6.49. The van der Waals surface area contributed by atoms with Crippen LogP contribution in [0.1, 0.15) is 61.8 Å². The molecule has 1 heteroatoms. The Balaban J connectivity index is 1.99. The van der Waals surface area contributed by atoms with Gasteiger partial charge in [0.05, 0.1) is 0 Å². The van der Waals surface area contributed by atoms with E-state index >= 15 is 0 Å². The minimum atomic E-state index is -0.180. The summed E-state index contributed by atoms with van der Waals surface area (Å²) in [6, 6.07) is 13.5. The molecule has 0 aliphatic heterocycles. The zero-order chi connectivity index (χ0) is 25.7. The van der Waals surface area contributed by atoms with E-state index in [9.17, 15) is 0 Å². The van der Waals surface area contributed by atoms with E-state index < -0.39 is 0 Å². The molecule has 0 radical (unpaired) electrons. The van der Waals surface area contributed by atoms with E-state index in [0.717, 1.165) is 18.5 Å². The molecule has 1 nitrogen and oxygen atoms in total. The van der Waals surface area contributed by atoms with Crippen molar-refractivity contribution in [3.05, 3.63) is 132 Å². The third kappa shape index (κ3) is 4.37. The lowest BCUT2D eigenvalue weighted by Gasteiger charge is -2.44. The van der Waals surface area contributed by atoms with Crippen molar-refractivity contribution in [2.24, 2.45) is 11.8 Å². The Morgan fingerprint density at radius 3 is 2.50 bits per heavy atom. The Bertz CT molecular complexity index is 1230. The number of hydrogen-bond donors (Lipinski definition) is 1. The number of nitrogens with one attached hydrogen (secondary N) is 1. The summed E-state index contributed by atoms with van der Waals surface area (Å²) in [5, 5.41) is 3.78. The molecular weight excluding hydrogens is 434 g/mol. The molecule has 0 aromatic heterocycles. The van der Waals surface area contributed by atoms with Crippen LogP contribution in [0.15, 0.2) is 109 Å². The maximum atomic E-state index is 4.33. The summed E-state index contributed by atoms with van der Waals surface area (Å²) in [5.74, 6) is 0.907. The van der Waals surface area contributed by atoms with E-state index in [1.165, 1.54) is 33.5 Å². The Labute approximate surface area is 218 Å². The van der Waals surface area contributed by atoms with Gasteiger partial charge in [-0.3, -0.25) is 0 Å². The smallest absolute Gasteiger partial charge is 0.0443 e. The largest absolute Gasteiger partial charge is 0.355 e. The zero-order valence-corrected chi connectivity index (χ0v) is 22.6. The van der Waals surface area contributed by atoms with Gasteiger partial charge in [0.2, 0.25) is 0 Å². The molecule has 186 valence electrons. The number of fused-ring (bicyclic) bond motifs is 1. The molecule has 2 aliphatic rings. The summed E-state index contributed by atoms with van der Waals surface area (Å²) >= 11 is 0. The Kier molecular flexibility index (Phi) is 7.99. The molecule has 36 heavy (non-hydrogen) atoms. The predicted molar refractivity (Wildman–Crippen MR) is 158 cm³/mol. The van der Waals surface area contributed by atoms with Gasteiger partial charge < -0.3 is 5.32 Å². The molecular formula is C35H41N. The highest BCUT2D eigenvalue weighted by Gasteiger charge is 2.55. The first kappa shape index (κ1) is 25.8. The molecule has 0 heterocycles. The molecule has 2 aromatic carbocycles. The second kappa shape index (κ2) is 11.2. The van der Waals surface area contributed by atoms with Crippen LogP contribution in [0, 0.1) is 25.7 Å². The van der Waals surface area contributed by atoms with Crippen molar-refractivity contribution >= 4 is 11.4 Å². The number of hydrogen-bond acceptors (Lipinski definition) is 1. The van der Waals surface area contributed by atoms with Crippen LogP contribution in [0.3, 0.4) is 0 Å². The van der Waals surface area contributed by atoms with Gasteiger partial charge >= 0.3 is 0 Å². The summed E-state index contributed by atoms with van der Waals surface area (Å²) in [4.78, 5) is 0. The van der Waals surface area contributed by atoms with Gasteiger partial charge in [0.1, 0.15) is 0 Å². The maximum absolute atomic E-state index is 4.33. The van der Waals surface area contributed by atoms with Crippen LogP contribution in [0.2, 0.25) is 0 Å². The lowest BCUT2D eigenvalue weighted by Crippen LogP contribution is -2.41. The summed E-state index contributed by atoms with van der Waals surface area (Å²) in [7, 11) is 0. The molecule has 0 amide bonds. The van der Waals surface area contributed by atoms with Gasteiger partial charge in [-0.1, -0.05) is 91.9 Å². The molecule has 2 aromatic rings. The fourth-order valence-corrected chi connectivity index (χ4v) is 6.49. The first-order valence-corrected chi connectivity index (χ1v) is 13.4. The first-order valence-electron chi connectivity index (χ1n) is 13.4. The Morgan fingerprint density at radius 2 is 1.89 bits per heavy atom. The quantitative estimate of drug-likeness (QED) is 0.296. The molecule has 4 atom stereocenters. The maximum Gasteiger partial charge on any atom is 0.0443 e. The molecule has 2 aliphatic carbocycles. The Morgan fingerprint density at radius 1 is 1.11 bits per heavy atom. The number of anilines is 2. The van der Waals surface area contributed by atoms with Crippen molar-refractivity contribution in [3.8, 4) is 0 Å². The summed E-state index contributed by atoms with van der Waals surface area (Å²) < 4.78 is 0. The number of rotatable bonds is 8. The van der Waals surface area contributed by atoms with E-state index in [2.05, 4.69) is 144 Å². The predicted octanol–water partition coefficient (Wildman–Crippen LogP) is 9.81. The van der Waals surface area contributed by atoms with Crippen LogP contribution in [0.5, 0.6) is 0 Å². The molecule has 1 N–H and O–H groups in total. The monoisotopic (exact) mass is 475 g/mol. The van der Waals surface area contributed by atoms with Crippen LogP contribution in [-0.4, -0.2) is 0 Å². The SMILES string of the molecule is C=CC1c2ccc(Nc3c(C)cccc3C)cc2C(C(/C=C\CC)=C/C)(C2C=CC=CC2)C1/C=C\C. The summed E-state index contributed by atoms with van der Waals surface area (Å²) in [5.41, 5.74) is 8.90. The van der Waals surface area contributed by atoms with E-state index in [1.807, 2.05) is 0 Å². The summed E-state index contributed by atoms with van der Waals surface area (Å²) in [6.07, 6.45) is 25.1. The second-order valence-electron chi connectivity index (χ2n) is 10.1. The van der Waals surface area contributed by atoms with Gasteiger partial charge in [0.15, 0.2) is 0 Å². The minimum absolute atomic E-state index is 0.180. The topological polar surface area (TPSA) is 12.0 Å². The minimum Gasteiger partial charge on any atom is -0.355 e. The van der Waals surface area contributed by atoms with E-state index in [4.69, 9.17) is 0 Å². The van der Waals surface area contributed by atoms with E-state index in [1.54, 1.807) is 0 Å². The number of aryl methyl sites for hydroxylation is 2. The van der Waals surface area contributed by atoms with Gasteiger partial charge in [-0.2, -0.15) is 0 Å². The molecule has 0 saturated heterocycles. The molecule has 0 spiro atoms. The highest BCUT2D eigenvalue weighted by molar-refractivity contribution is 5.70. The first-order chi connectivity index (χ1) is 17.5. The molecule has 4 unspecified atom stereocenters. The van der Waals surface area contributed by atoms with Crippen LogP contribution >= 0.6 is 0 Å². The van der Waals surface area contributed by atoms with Crippen molar-refractivity contribution in [1.82, 2.24) is 0 Å². The zero-order valence-electron chi connectivity index (χ0n) is 22.6. The van der Waals surface area contributed by atoms with Crippen LogP contribution in [0.25, 0.3) is 0 Å². The molecule has 0 saturated carbocycles. The Hall–Kier alpha value is -3.32. The van der Waals surface area contributed by atoms with Gasteiger partial charge in [-0.15, -0.1) is 6.58 Å². The normalized spacial score (nSPS) is 25.6. The lowest BCUT2D eigenvalue weighted by atomic mass is 9.58. The molecule has 0 fully saturated rings. The molecule has 4 rings (SSSR count). The van der Waals surface area contributed by atoms with Crippen molar-refractivity contribution in [2.75, 3.05) is 5.32 Å². The average Bonchev–Trinajstić information content (AvgIpc) is 3.17. The molecule has 0 bridgehead atoms. The number of para-hydroxylation sites is 1. The van der Waals surface area contributed by atoms with Crippen molar-refractivity contribution in [2.45, 2.75) is 58.8 Å². The third-order valence-corrected chi connectivity index (χ3v) is 8.06. The van der Waals surface area contributed by atoms with Crippen molar-refractivity contribution < 1.29 is 0 Å². The lowest BCUT2D eigenvalue weighted by molar-refractivity contribution is 0.300. The van der Waals surface area contributed by atoms with Gasteiger partial charge in [0, 0.05) is 28.6 Å². The number of allylic oxidation sites excluding steroid dienone is 11. The van der Waals surface area contributed by atoms with Gasteiger partial charge in [-0.25, -0.2) is 0 Å². The highest BCUT2D eigenvalue weighted by atomic mass is 14.9.